The van der Waals surface area contributed by atoms with Gasteiger partial charge in [-0.05, 0) is 43.2 Å². The molecule has 0 aliphatic rings. The fourth-order valence-corrected chi connectivity index (χ4v) is 4.31. The van der Waals surface area contributed by atoms with E-state index in [1.54, 1.807) is 36.9 Å². The predicted molar refractivity (Wildman–Crippen MR) is 117 cm³/mol. The number of ether oxygens (including phenoxy) is 2. The molecule has 0 amide bonds. The minimum atomic E-state index is 0.432. The van der Waals surface area contributed by atoms with Gasteiger partial charge >= 0.3 is 0 Å². The van der Waals surface area contributed by atoms with Gasteiger partial charge in [-0.25, -0.2) is 9.98 Å². The van der Waals surface area contributed by atoms with E-state index in [1.165, 1.54) is 9.75 Å². The molecule has 0 spiro atoms. The molecule has 0 unspecified atom stereocenters. The molecule has 6 nitrogen and oxygen atoms in total. The highest BCUT2D eigenvalue weighted by Crippen LogP contribution is 2.29. The van der Waals surface area contributed by atoms with Gasteiger partial charge in [0, 0.05) is 16.8 Å². The summed E-state index contributed by atoms with van der Waals surface area (Å²) in [6.45, 7) is 3.24. The molecule has 0 bridgehead atoms. The van der Waals surface area contributed by atoms with Crippen molar-refractivity contribution in [2.45, 2.75) is 19.9 Å². The second-order valence-electron chi connectivity index (χ2n) is 6.09. The third-order valence-electron chi connectivity index (χ3n) is 4.09. The number of nitrogens with zero attached hydrogens (tertiary/aromatic N) is 2. The first-order valence-corrected chi connectivity index (χ1v) is 10.5. The van der Waals surface area contributed by atoms with Crippen molar-refractivity contribution in [1.29, 1.82) is 0 Å². The zero-order chi connectivity index (χ0) is 19.9. The number of aryl methyl sites for hydroxylation is 1. The lowest BCUT2D eigenvalue weighted by atomic mass is 10.2. The maximum Gasteiger partial charge on any atom is 0.188 e. The first-order valence-electron chi connectivity index (χ1n) is 8.85. The Hall–Kier alpha value is -2.58. The van der Waals surface area contributed by atoms with Crippen molar-refractivity contribution in [3.63, 3.8) is 0 Å². The highest BCUT2D eigenvalue weighted by molar-refractivity contribution is 7.16. The number of hydrogen-bond acceptors (Lipinski definition) is 6. The second-order valence-corrected chi connectivity index (χ2v) is 8.32. The van der Waals surface area contributed by atoms with Gasteiger partial charge in [-0.3, -0.25) is 0 Å². The van der Waals surface area contributed by atoms with Crippen molar-refractivity contribution in [2.24, 2.45) is 10.7 Å². The Morgan fingerprint density at radius 2 is 2.00 bits per heavy atom. The van der Waals surface area contributed by atoms with Gasteiger partial charge in [0.05, 0.1) is 36.3 Å². The van der Waals surface area contributed by atoms with Gasteiger partial charge in [0.1, 0.15) is 0 Å². The van der Waals surface area contributed by atoms with E-state index in [0.29, 0.717) is 24.0 Å². The van der Waals surface area contributed by atoms with Gasteiger partial charge in [0.15, 0.2) is 17.5 Å². The Kier molecular flexibility index (Phi) is 6.89. The molecule has 0 atom stereocenters. The average Bonchev–Trinajstić information content (AvgIpc) is 3.35. The molecule has 3 rings (SSSR count). The van der Waals surface area contributed by atoms with Gasteiger partial charge in [0.25, 0.3) is 0 Å². The molecule has 3 N–H and O–H groups in total. The highest BCUT2D eigenvalue weighted by Gasteiger charge is 2.07. The first kappa shape index (κ1) is 20.2. The van der Waals surface area contributed by atoms with Crippen molar-refractivity contribution in [3.8, 4) is 22.1 Å². The summed E-state index contributed by atoms with van der Waals surface area (Å²) in [7, 11) is 3.23. The molecule has 0 saturated heterocycles. The van der Waals surface area contributed by atoms with Crippen LogP contribution in [0.5, 0.6) is 11.5 Å². The predicted octanol–water partition coefficient (Wildman–Crippen LogP) is 3.84. The zero-order valence-corrected chi connectivity index (χ0v) is 17.8. The Morgan fingerprint density at radius 1 is 1.18 bits per heavy atom. The van der Waals surface area contributed by atoms with E-state index < -0.39 is 0 Å². The highest BCUT2D eigenvalue weighted by atomic mass is 32.1. The molecule has 0 aliphatic heterocycles. The van der Waals surface area contributed by atoms with Crippen molar-refractivity contribution in [3.05, 3.63) is 51.2 Å². The summed E-state index contributed by atoms with van der Waals surface area (Å²) >= 11 is 3.44. The minimum absolute atomic E-state index is 0.432. The van der Waals surface area contributed by atoms with E-state index in [0.717, 1.165) is 29.2 Å². The largest absolute Gasteiger partial charge is 0.493 e. The topological polar surface area (TPSA) is 81.8 Å². The molecule has 0 radical (unpaired) electrons. The quantitative estimate of drug-likeness (QED) is 0.431. The summed E-state index contributed by atoms with van der Waals surface area (Å²) in [5.41, 5.74) is 8.05. The van der Waals surface area contributed by atoms with Crippen molar-refractivity contribution < 1.29 is 9.47 Å². The SMILES string of the molecule is COc1ccc(CN=C(N)NCCc2ccc(-c3csc(C)n3)s2)cc1OC. The van der Waals surface area contributed by atoms with Crippen LogP contribution < -0.4 is 20.5 Å². The molecule has 2 heterocycles. The number of aliphatic imine (C=N–C) groups is 1. The number of hydrogen-bond donors (Lipinski definition) is 2. The summed E-state index contributed by atoms with van der Waals surface area (Å²) in [5, 5.41) is 6.36. The number of thiophene rings is 1. The number of nitrogens with two attached hydrogens (primary N) is 1. The summed E-state index contributed by atoms with van der Waals surface area (Å²) in [6, 6.07) is 10.00. The maximum absolute atomic E-state index is 5.99. The van der Waals surface area contributed by atoms with Gasteiger partial charge in [-0.2, -0.15) is 0 Å². The first-order chi connectivity index (χ1) is 13.6. The normalized spacial score (nSPS) is 11.5. The third kappa shape index (κ3) is 5.24. The van der Waals surface area contributed by atoms with E-state index in [9.17, 15) is 0 Å². The molecule has 0 saturated carbocycles. The average molecular weight is 417 g/mol. The summed E-state index contributed by atoms with van der Waals surface area (Å²) in [5.74, 6) is 1.82. The van der Waals surface area contributed by atoms with E-state index in [1.807, 2.05) is 25.1 Å². The van der Waals surface area contributed by atoms with Crippen molar-refractivity contribution >= 4 is 28.6 Å². The van der Waals surface area contributed by atoms with Gasteiger partial charge in [-0.1, -0.05) is 6.07 Å². The zero-order valence-electron chi connectivity index (χ0n) is 16.2. The Morgan fingerprint density at radius 3 is 2.71 bits per heavy atom. The van der Waals surface area contributed by atoms with Crippen LogP contribution in [0.25, 0.3) is 10.6 Å². The smallest absolute Gasteiger partial charge is 0.188 e. The van der Waals surface area contributed by atoms with Crippen molar-refractivity contribution in [2.75, 3.05) is 20.8 Å². The number of nitrogens with one attached hydrogen (secondary N) is 1. The maximum atomic E-state index is 5.99. The second kappa shape index (κ2) is 9.57. The molecule has 0 fully saturated rings. The minimum Gasteiger partial charge on any atom is -0.493 e. The van der Waals surface area contributed by atoms with Crippen LogP contribution >= 0.6 is 22.7 Å². The van der Waals surface area contributed by atoms with Crippen LogP contribution in [-0.2, 0) is 13.0 Å². The molecule has 2 aromatic heterocycles. The summed E-state index contributed by atoms with van der Waals surface area (Å²) in [4.78, 5) is 11.4. The van der Waals surface area contributed by atoms with Crippen LogP contribution in [0, 0.1) is 6.92 Å². The third-order valence-corrected chi connectivity index (χ3v) is 6.03. The van der Waals surface area contributed by atoms with E-state index in [4.69, 9.17) is 15.2 Å². The number of rotatable bonds is 8. The lowest BCUT2D eigenvalue weighted by molar-refractivity contribution is 0.354. The molecular weight excluding hydrogens is 392 g/mol. The van der Waals surface area contributed by atoms with Gasteiger partial charge in [-0.15, -0.1) is 22.7 Å². The van der Waals surface area contributed by atoms with Gasteiger partial charge in [0.2, 0.25) is 0 Å². The van der Waals surface area contributed by atoms with Crippen LogP contribution in [0.1, 0.15) is 15.4 Å². The van der Waals surface area contributed by atoms with Crippen LogP contribution in [0.2, 0.25) is 0 Å². The van der Waals surface area contributed by atoms with Crippen molar-refractivity contribution in [1.82, 2.24) is 10.3 Å². The molecule has 1 aromatic carbocycles. The standard InChI is InChI=1S/C20H24N4O2S2/c1-13-24-16(12-27-13)19-7-5-15(28-19)8-9-22-20(21)23-11-14-4-6-17(25-2)18(10-14)26-3/h4-7,10,12H,8-9,11H2,1-3H3,(H3,21,22,23). The monoisotopic (exact) mass is 416 g/mol. The Labute approximate surface area is 173 Å². The Balaban J connectivity index is 1.49. The summed E-state index contributed by atoms with van der Waals surface area (Å²) in [6.07, 6.45) is 0.889. The lowest BCUT2D eigenvalue weighted by Crippen LogP contribution is -2.33. The van der Waals surface area contributed by atoms with Crippen LogP contribution in [0.3, 0.4) is 0 Å². The Bertz CT molecular complexity index is 949. The van der Waals surface area contributed by atoms with E-state index in [2.05, 4.69) is 32.8 Å². The molecule has 8 heteroatoms. The number of guanidine groups is 1. The van der Waals surface area contributed by atoms with Crippen LogP contribution in [0.15, 0.2) is 40.7 Å². The molecule has 3 aromatic rings. The number of benzene rings is 1. The molecule has 148 valence electrons. The van der Waals surface area contributed by atoms with Gasteiger partial charge < -0.3 is 20.5 Å². The van der Waals surface area contributed by atoms with E-state index in [-0.39, 0.29) is 0 Å². The van der Waals surface area contributed by atoms with Crippen LogP contribution in [0.4, 0.5) is 0 Å². The molecule has 28 heavy (non-hydrogen) atoms. The molecular formula is C20H24N4O2S2. The number of methoxy groups -OCH3 is 2. The lowest BCUT2D eigenvalue weighted by Gasteiger charge is -2.09. The van der Waals surface area contributed by atoms with E-state index >= 15 is 0 Å². The molecule has 0 aliphatic carbocycles. The number of aromatic nitrogens is 1. The number of thiazole rings is 1. The van der Waals surface area contributed by atoms with Crippen LogP contribution in [-0.4, -0.2) is 31.7 Å². The summed E-state index contributed by atoms with van der Waals surface area (Å²) < 4.78 is 10.6. The fraction of sp³-hybridized carbons (Fsp3) is 0.300. The fourth-order valence-electron chi connectivity index (χ4n) is 2.65.